The first-order valence-electron chi connectivity index (χ1n) is 6.24. The summed E-state index contributed by atoms with van der Waals surface area (Å²) in [5.41, 5.74) is 1.71. The number of amides is 1. The molecule has 19 heavy (non-hydrogen) atoms. The first kappa shape index (κ1) is 13.7. The van der Waals surface area contributed by atoms with E-state index in [4.69, 9.17) is 0 Å². The molecule has 0 unspecified atom stereocenters. The van der Waals surface area contributed by atoms with Gasteiger partial charge < -0.3 is 5.32 Å². The first-order valence-corrected chi connectivity index (χ1v) is 7.05. The highest BCUT2D eigenvalue weighted by Gasteiger charge is 2.16. The van der Waals surface area contributed by atoms with Crippen LogP contribution >= 0.6 is 11.3 Å². The van der Waals surface area contributed by atoms with Crippen molar-refractivity contribution in [1.82, 2.24) is 15.3 Å². The number of pyridine rings is 1. The maximum atomic E-state index is 12.1. The molecule has 100 valence electrons. The molecular weight excluding hydrogens is 258 g/mol. The van der Waals surface area contributed by atoms with Crippen LogP contribution in [0.2, 0.25) is 0 Å². The average molecular weight is 275 g/mol. The van der Waals surface area contributed by atoms with E-state index in [0.29, 0.717) is 17.3 Å². The molecule has 0 radical (unpaired) electrons. The molecular formula is C14H17N3OS. The molecule has 1 amide bonds. The van der Waals surface area contributed by atoms with E-state index in [-0.39, 0.29) is 5.91 Å². The number of nitrogens with zero attached hydrogens (tertiary/aromatic N) is 2. The first-order chi connectivity index (χ1) is 9.08. The standard InChI is InChI=1S/C14H17N3OS/c1-9(2)7-16-13(18)12-10(3)17-14(19-12)11-5-4-6-15-8-11/h4-6,8-9H,7H2,1-3H3,(H,16,18). The zero-order valence-corrected chi connectivity index (χ0v) is 12.1. The summed E-state index contributed by atoms with van der Waals surface area (Å²) in [5.74, 6) is 0.397. The summed E-state index contributed by atoms with van der Waals surface area (Å²) in [7, 11) is 0. The van der Waals surface area contributed by atoms with Gasteiger partial charge in [-0.05, 0) is 25.0 Å². The Labute approximate surface area is 116 Å². The third kappa shape index (κ3) is 3.38. The molecule has 0 bridgehead atoms. The number of thiazole rings is 1. The van der Waals surface area contributed by atoms with Crippen molar-refractivity contribution >= 4 is 17.2 Å². The maximum absolute atomic E-state index is 12.1. The van der Waals surface area contributed by atoms with Crippen molar-refractivity contribution in [3.63, 3.8) is 0 Å². The van der Waals surface area contributed by atoms with Crippen LogP contribution < -0.4 is 5.32 Å². The van der Waals surface area contributed by atoms with Crippen molar-refractivity contribution in [2.45, 2.75) is 20.8 Å². The van der Waals surface area contributed by atoms with Gasteiger partial charge in [0, 0.05) is 24.5 Å². The zero-order valence-electron chi connectivity index (χ0n) is 11.3. The fourth-order valence-corrected chi connectivity index (χ4v) is 2.57. The Kier molecular flexibility index (Phi) is 4.27. The zero-order chi connectivity index (χ0) is 13.8. The van der Waals surface area contributed by atoms with Gasteiger partial charge in [0.15, 0.2) is 0 Å². The molecule has 2 rings (SSSR count). The molecule has 4 nitrogen and oxygen atoms in total. The summed E-state index contributed by atoms with van der Waals surface area (Å²) in [5, 5.41) is 3.75. The number of aryl methyl sites for hydroxylation is 1. The minimum absolute atomic E-state index is 0.0427. The molecule has 0 aliphatic heterocycles. The molecule has 2 heterocycles. The number of carbonyl (C=O) groups excluding carboxylic acids is 1. The normalized spacial score (nSPS) is 10.7. The van der Waals surface area contributed by atoms with Crippen LogP contribution in [0.1, 0.15) is 29.2 Å². The fourth-order valence-electron chi connectivity index (χ4n) is 1.60. The molecule has 2 aromatic heterocycles. The second-order valence-corrected chi connectivity index (χ2v) is 5.78. The summed E-state index contributed by atoms with van der Waals surface area (Å²) in [6, 6.07) is 3.81. The lowest BCUT2D eigenvalue weighted by Gasteiger charge is -2.05. The van der Waals surface area contributed by atoms with E-state index < -0.39 is 0 Å². The third-order valence-corrected chi connectivity index (χ3v) is 3.79. The highest BCUT2D eigenvalue weighted by atomic mass is 32.1. The Morgan fingerprint density at radius 1 is 1.47 bits per heavy atom. The molecule has 0 aliphatic carbocycles. The molecule has 0 aliphatic rings. The lowest BCUT2D eigenvalue weighted by molar-refractivity contribution is 0.0952. The second kappa shape index (κ2) is 5.93. The Morgan fingerprint density at radius 3 is 2.89 bits per heavy atom. The minimum atomic E-state index is -0.0427. The molecule has 0 atom stereocenters. The van der Waals surface area contributed by atoms with Crippen molar-refractivity contribution in [2.75, 3.05) is 6.54 Å². The summed E-state index contributed by atoms with van der Waals surface area (Å²) >= 11 is 1.41. The average Bonchev–Trinajstić information content (AvgIpc) is 2.79. The second-order valence-electron chi connectivity index (χ2n) is 4.78. The van der Waals surface area contributed by atoms with Crippen molar-refractivity contribution in [3.05, 3.63) is 35.1 Å². The van der Waals surface area contributed by atoms with Gasteiger partial charge in [0.2, 0.25) is 0 Å². The number of hydrogen-bond acceptors (Lipinski definition) is 4. The van der Waals surface area contributed by atoms with E-state index in [2.05, 4.69) is 29.1 Å². The van der Waals surface area contributed by atoms with Gasteiger partial charge in [-0.2, -0.15) is 0 Å². The van der Waals surface area contributed by atoms with Gasteiger partial charge >= 0.3 is 0 Å². The Hall–Kier alpha value is -1.75. The fraction of sp³-hybridized carbons (Fsp3) is 0.357. The van der Waals surface area contributed by atoms with Gasteiger partial charge in [0.25, 0.3) is 5.91 Å². The van der Waals surface area contributed by atoms with E-state index in [0.717, 1.165) is 16.3 Å². The summed E-state index contributed by atoms with van der Waals surface area (Å²) in [6.07, 6.45) is 3.48. The van der Waals surface area contributed by atoms with Crippen LogP contribution in [0.25, 0.3) is 10.6 Å². The van der Waals surface area contributed by atoms with E-state index in [1.165, 1.54) is 11.3 Å². The number of carbonyl (C=O) groups is 1. The Bertz CT molecular complexity index is 563. The van der Waals surface area contributed by atoms with Crippen LogP contribution in [0.5, 0.6) is 0 Å². The molecule has 0 saturated heterocycles. The van der Waals surface area contributed by atoms with E-state index in [9.17, 15) is 4.79 Å². The molecule has 0 saturated carbocycles. The topological polar surface area (TPSA) is 54.9 Å². The Balaban J connectivity index is 2.20. The van der Waals surface area contributed by atoms with Crippen molar-refractivity contribution < 1.29 is 4.79 Å². The van der Waals surface area contributed by atoms with Crippen molar-refractivity contribution in [1.29, 1.82) is 0 Å². The molecule has 0 aromatic carbocycles. The lowest BCUT2D eigenvalue weighted by Crippen LogP contribution is -2.27. The van der Waals surface area contributed by atoms with Crippen LogP contribution in [-0.4, -0.2) is 22.4 Å². The summed E-state index contributed by atoms with van der Waals surface area (Å²) < 4.78 is 0. The predicted octanol–water partition coefficient (Wildman–Crippen LogP) is 2.90. The minimum Gasteiger partial charge on any atom is -0.351 e. The lowest BCUT2D eigenvalue weighted by atomic mass is 10.2. The SMILES string of the molecule is Cc1nc(-c2cccnc2)sc1C(=O)NCC(C)C. The Morgan fingerprint density at radius 2 is 2.26 bits per heavy atom. The molecule has 1 N–H and O–H groups in total. The summed E-state index contributed by atoms with van der Waals surface area (Å²) in [6.45, 7) is 6.68. The van der Waals surface area contributed by atoms with Crippen LogP contribution in [-0.2, 0) is 0 Å². The maximum Gasteiger partial charge on any atom is 0.263 e. The molecule has 2 aromatic rings. The van der Waals surface area contributed by atoms with Crippen LogP contribution in [0.3, 0.4) is 0 Å². The van der Waals surface area contributed by atoms with Gasteiger partial charge in [-0.3, -0.25) is 9.78 Å². The third-order valence-electron chi connectivity index (χ3n) is 2.58. The number of aromatic nitrogens is 2. The highest BCUT2D eigenvalue weighted by molar-refractivity contribution is 7.17. The molecule has 5 heteroatoms. The van der Waals surface area contributed by atoms with Gasteiger partial charge in [0.1, 0.15) is 9.88 Å². The van der Waals surface area contributed by atoms with Crippen LogP contribution in [0.15, 0.2) is 24.5 Å². The van der Waals surface area contributed by atoms with Crippen LogP contribution in [0.4, 0.5) is 0 Å². The molecule has 0 spiro atoms. The predicted molar refractivity (Wildman–Crippen MR) is 77.3 cm³/mol. The quantitative estimate of drug-likeness (QED) is 0.933. The highest BCUT2D eigenvalue weighted by Crippen LogP contribution is 2.27. The number of hydrogen-bond donors (Lipinski definition) is 1. The van der Waals surface area contributed by atoms with Crippen molar-refractivity contribution in [2.24, 2.45) is 5.92 Å². The largest absolute Gasteiger partial charge is 0.351 e. The summed E-state index contributed by atoms with van der Waals surface area (Å²) in [4.78, 5) is 21.3. The van der Waals surface area contributed by atoms with Crippen molar-refractivity contribution in [3.8, 4) is 10.6 Å². The van der Waals surface area contributed by atoms with E-state index in [1.54, 1.807) is 12.4 Å². The van der Waals surface area contributed by atoms with Gasteiger partial charge in [0.05, 0.1) is 5.69 Å². The van der Waals surface area contributed by atoms with E-state index >= 15 is 0 Å². The van der Waals surface area contributed by atoms with Crippen LogP contribution in [0, 0.1) is 12.8 Å². The smallest absolute Gasteiger partial charge is 0.263 e. The van der Waals surface area contributed by atoms with Gasteiger partial charge in [-0.25, -0.2) is 4.98 Å². The monoisotopic (exact) mass is 275 g/mol. The number of nitrogens with one attached hydrogen (secondary N) is 1. The molecule has 0 fully saturated rings. The number of rotatable bonds is 4. The van der Waals surface area contributed by atoms with Gasteiger partial charge in [-0.1, -0.05) is 13.8 Å². The van der Waals surface area contributed by atoms with E-state index in [1.807, 2.05) is 19.1 Å². The van der Waals surface area contributed by atoms with Gasteiger partial charge in [-0.15, -0.1) is 11.3 Å².